The standard InChI is InChI=1S/C40H71N3O16/c1-47-18-22-55-30-26-51-14-10-41(11-15-52-27-31-56-23-19-48-2)38(44)34-43(40(46)59-36-37-8-6-5-7-9-37)35-39(45)42(12-16-53-28-32-57-24-20-49-3)13-17-54-29-33-58-25-21-50-4/h5-9H,10-36H2,1-4H3. The highest BCUT2D eigenvalue weighted by molar-refractivity contribution is 5.87. The van der Waals surface area contributed by atoms with Crippen LogP contribution in [0, 0.1) is 0 Å². The SMILES string of the molecule is COCCOCCOCCN(CCOCCOCCOC)C(=O)CN(CC(=O)N(CCOCCOCCOC)CCOCCOCCOC)C(=O)OCc1ccccc1. The Morgan fingerprint density at radius 3 is 0.983 bits per heavy atom. The van der Waals surface area contributed by atoms with Gasteiger partial charge in [-0.15, -0.1) is 0 Å². The summed E-state index contributed by atoms with van der Waals surface area (Å²) in [6.45, 7) is 7.13. The van der Waals surface area contributed by atoms with Crippen molar-refractivity contribution in [3.05, 3.63) is 35.9 Å². The first-order chi connectivity index (χ1) is 29.0. The van der Waals surface area contributed by atoms with E-state index in [-0.39, 0.29) is 59.2 Å². The fraction of sp³-hybridized carbons (Fsp3) is 0.775. The lowest BCUT2D eigenvalue weighted by Crippen LogP contribution is -2.49. The number of ether oxygens (including phenoxy) is 13. The van der Waals surface area contributed by atoms with Gasteiger partial charge in [-0.1, -0.05) is 30.3 Å². The van der Waals surface area contributed by atoms with E-state index < -0.39 is 31.0 Å². The van der Waals surface area contributed by atoms with E-state index in [4.69, 9.17) is 61.6 Å². The van der Waals surface area contributed by atoms with E-state index in [1.807, 2.05) is 30.3 Å². The van der Waals surface area contributed by atoms with Crippen molar-refractivity contribution in [2.75, 3.05) is 200 Å². The van der Waals surface area contributed by atoms with E-state index in [2.05, 4.69) is 0 Å². The van der Waals surface area contributed by atoms with Gasteiger partial charge < -0.3 is 71.4 Å². The maximum Gasteiger partial charge on any atom is 0.411 e. The summed E-state index contributed by atoms with van der Waals surface area (Å²) in [5.74, 6) is -0.843. The third-order valence-corrected chi connectivity index (χ3v) is 8.06. The number of carbonyl (C=O) groups is 3. The van der Waals surface area contributed by atoms with Crippen molar-refractivity contribution in [2.45, 2.75) is 6.61 Å². The molecule has 0 aromatic heterocycles. The quantitative estimate of drug-likeness (QED) is 0.0850. The molecule has 0 aliphatic carbocycles. The first-order valence-electron chi connectivity index (χ1n) is 20.1. The predicted octanol–water partition coefficient (Wildman–Crippen LogP) is 1.00. The largest absolute Gasteiger partial charge is 0.445 e. The molecule has 19 nitrogen and oxygen atoms in total. The molecule has 0 heterocycles. The second kappa shape index (κ2) is 40.4. The molecule has 1 rings (SSSR count). The van der Waals surface area contributed by atoms with Gasteiger partial charge >= 0.3 is 6.09 Å². The van der Waals surface area contributed by atoms with Crippen molar-refractivity contribution in [2.24, 2.45) is 0 Å². The van der Waals surface area contributed by atoms with Crippen LogP contribution >= 0.6 is 0 Å². The maximum atomic E-state index is 13.9. The minimum Gasteiger partial charge on any atom is -0.445 e. The molecule has 19 heteroatoms. The monoisotopic (exact) mass is 849 g/mol. The van der Waals surface area contributed by atoms with Crippen LogP contribution in [0.5, 0.6) is 0 Å². The highest BCUT2D eigenvalue weighted by Gasteiger charge is 2.27. The zero-order valence-electron chi connectivity index (χ0n) is 35.9. The van der Waals surface area contributed by atoms with Gasteiger partial charge in [0, 0.05) is 54.6 Å². The summed E-state index contributed by atoms with van der Waals surface area (Å²) in [5, 5.41) is 0. The number of amides is 3. The maximum absolute atomic E-state index is 13.9. The second-order valence-electron chi connectivity index (χ2n) is 12.5. The number of benzene rings is 1. The van der Waals surface area contributed by atoms with Crippen LogP contribution in [0.15, 0.2) is 30.3 Å². The summed E-state index contributed by atoms with van der Waals surface area (Å²) in [5.41, 5.74) is 0.750. The second-order valence-corrected chi connectivity index (χ2v) is 12.5. The number of hydrogen-bond acceptors (Lipinski definition) is 16. The van der Waals surface area contributed by atoms with Gasteiger partial charge in [-0.2, -0.15) is 0 Å². The summed E-state index contributed by atoms with van der Waals surface area (Å²) in [7, 11) is 6.39. The Kier molecular flexibility index (Phi) is 36.9. The molecular formula is C40H71N3O16. The van der Waals surface area contributed by atoms with Crippen molar-refractivity contribution in [3.63, 3.8) is 0 Å². The Hall–Kier alpha value is -3.05. The van der Waals surface area contributed by atoms with Crippen LogP contribution in [-0.2, 0) is 77.8 Å². The summed E-state index contributed by atoms with van der Waals surface area (Å²) in [6, 6.07) is 9.13. The molecule has 0 N–H and O–H groups in total. The minimum absolute atomic E-state index is 0.0485. The molecule has 3 amide bonds. The molecule has 0 radical (unpaired) electrons. The van der Waals surface area contributed by atoms with Crippen molar-refractivity contribution in [3.8, 4) is 0 Å². The first kappa shape index (κ1) is 54.0. The molecule has 0 unspecified atom stereocenters. The molecule has 0 aliphatic rings. The number of nitrogens with zero attached hydrogens (tertiary/aromatic N) is 3. The van der Waals surface area contributed by atoms with Crippen molar-refractivity contribution >= 4 is 17.9 Å². The molecule has 1 aromatic carbocycles. The number of hydrogen-bond donors (Lipinski definition) is 0. The lowest BCUT2D eigenvalue weighted by atomic mass is 10.2. The lowest BCUT2D eigenvalue weighted by molar-refractivity contribution is -0.137. The Labute approximate surface area is 350 Å². The normalized spacial score (nSPS) is 11.2. The third-order valence-electron chi connectivity index (χ3n) is 8.06. The number of rotatable bonds is 42. The molecular weight excluding hydrogens is 778 g/mol. The average molecular weight is 850 g/mol. The number of carbonyl (C=O) groups excluding carboxylic acids is 3. The topological polar surface area (TPSA) is 181 Å². The number of methoxy groups -OCH3 is 4. The van der Waals surface area contributed by atoms with Gasteiger partial charge in [0.05, 0.1) is 132 Å². The van der Waals surface area contributed by atoms with Gasteiger partial charge in [0.1, 0.15) is 19.7 Å². The van der Waals surface area contributed by atoms with Gasteiger partial charge in [0.2, 0.25) is 11.8 Å². The zero-order valence-corrected chi connectivity index (χ0v) is 35.9. The van der Waals surface area contributed by atoms with Gasteiger partial charge in [0.15, 0.2) is 0 Å². The van der Waals surface area contributed by atoms with Crippen LogP contribution in [0.1, 0.15) is 5.56 Å². The molecule has 59 heavy (non-hydrogen) atoms. The molecule has 1 aromatic rings. The fourth-order valence-corrected chi connectivity index (χ4v) is 4.80. The Balaban J connectivity index is 3.04. The third kappa shape index (κ3) is 31.5. The van der Waals surface area contributed by atoms with Gasteiger partial charge in [-0.05, 0) is 5.56 Å². The smallest absolute Gasteiger partial charge is 0.411 e. The Morgan fingerprint density at radius 1 is 0.390 bits per heavy atom. The van der Waals surface area contributed by atoms with Crippen LogP contribution in [0.4, 0.5) is 4.79 Å². The van der Waals surface area contributed by atoms with Crippen molar-refractivity contribution in [1.82, 2.24) is 14.7 Å². The van der Waals surface area contributed by atoms with Crippen LogP contribution in [0.25, 0.3) is 0 Å². The summed E-state index contributed by atoms with van der Waals surface area (Å²) < 4.78 is 70.3. The van der Waals surface area contributed by atoms with Crippen molar-refractivity contribution in [1.29, 1.82) is 0 Å². The van der Waals surface area contributed by atoms with E-state index in [0.29, 0.717) is 106 Å². The van der Waals surface area contributed by atoms with E-state index in [1.165, 1.54) is 9.80 Å². The molecule has 0 saturated heterocycles. The highest BCUT2D eigenvalue weighted by atomic mass is 16.6. The Morgan fingerprint density at radius 2 is 0.678 bits per heavy atom. The molecule has 0 saturated carbocycles. The first-order valence-corrected chi connectivity index (χ1v) is 20.1. The van der Waals surface area contributed by atoms with Crippen LogP contribution in [0.3, 0.4) is 0 Å². The van der Waals surface area contributed by atoms with Crippen LogP contribution in [-0.4, -0.2) is 232 Å². The Bertz CT molecular complexity index is 1030. The fourth-order valence-electron chi connectivity index (χ4n) is 4.80. The van der Waals surface area contributed by atoms with Gasteiger partial charge in [0.25, 0.3) is 0 Å². The summed E-state index contributed by atoms with van der Waals surface area (Å²) in [4.78, 5) is 45.6. The lowest BCUT2D eigenvalue weighted by Gasteiger charge is -2.29. The van der Waals surface area contributed by atoms with E-state index in [9.17, 15) is 14.4 Å². The van der Waals surface area contributed by atoms with Gasteiger partial charge in [-0.3, -0.25) is 14.5 Å². The van der Waals surface area contributed by atoms with E-state index in [0.717, 1.165) is 10.5 Å². The molecule has 0 atom stereocenters. The van der Waals surface area contributed by atoms with Crippen molar-refractivity contribution < 1.29 is 76.0 Å². The molecule has 342 valence electrons. The van der Waals surface area contributed by atoms with E-state index >= 15 is 0 Å². The van der Waals surface area contributed by atoms with E-state index in [1.54, 1.807) is 28.4 Å². The zero-order chi connectivity index (χ0) is 42.9. The molecule has 0 bridgehead atoms. The van der Waals surface area contributed by atoms with Crippen LogP contribution in [0.2, 0.25) is 0 Å². The molecule has 0 spiro atoms. The van der Waals surface area contributed by atoms with Gasteiger partial charge in [-0.25, -0.2) is 4.79 Å². The van der Waals surface area contributed by atoms with Crippen LogP contribution < -0.4 is 0 Å². The molecule has 0 fully saturated rings. The minimum atomic E-state index is -0.821. The summed E-state index contributed by atoms with van der Waals surface area (Å²) >= 11 is 0. The predicted molar refractivity (Wildman–Crippen MR) is 215 cm³/mol. The highest BCUT2D eigenvalue weighted by Crippen LogP contribution is 2.07. The summed E-state index contributed by atoms with van der Waals surface area (Å²) in [6.07, 6.45) is -0.821. The average Bonchev–Trinajstić information content (AvgIpc) is 3.24. The molecule has 0 aliphatic heterocycles.